The van der Waals surface area contributed by atoms with Gasteiger partial charge in [-0.2, -0.15) is 0 Å². The first-order valence-corrected chi connectivity index (χ1v) is 6.70. The second-order valence-corrected chi connectivity index (χ2v) is 5.75. The topological polar surface area (TPSA) is 40.5 Å². The maximum absolute atomic E-state index is 8.69. The van der Waals surface area contributed by atoms with Crippen molar-refractivity contribution in [2.24, 2.45) is 17.3 Å². The minimum atomic E-state index is 0.345. The van der Waals surface area contributed by atoms with E-state index in [1.54, 1.807) is 0 Å². The molecular weight excluding hydrogens is 200 g/mol. The van der Waals surface area contributed by atoms with Gasteiger partial charge in [0.2, 0.25) is 0 Å². The van der Waals surface area contributed by atoms with E-state index in [-0.39, 0.29) is 0 Å². The monoisotopic (exact) mass is 230 g/mol. The van der Waals surface area contributed by atoms with Crippen LogP contribution in [-0.2, 0) is 0 Å². The lowest BCUT2D eigenvalue weighted by molar-refractivity contribution is 0.218. The Kier molecular flexibility index (Phi) is 8.04. The molecule has 0 radical (unpaired) electrons. The average molecular weight is 230 g/mol. The molecule has 0 aliphatic heterocycles. The summed E-state index contributed by atoms with van der Waals surface area (Å²) in [6.07, 6.45) is 5.80. The highest BCUT2D eigenvalue weighted by Crippen LogP contribution is 2.54. The van der Waals surface area contributed by atoms with Crippen LogP contribution in [0.3, 0.4) is 0 Å². The van der Waals surface area contributed by atoms with Crippen LogP contribution in [0.2, 0.25) is 0 Å². The molecule has 0 aromatic carbocycles. The zero-order chi connectivity index (χ0) is 12.6. The van der Waals surface area contributed by atoms with Gasteiger partial charge in [0.15, 0.2) is 0 Å². The van der Waals surface area contributed by atoms with Crippen molar-refractivity contribution in [1.29, 1.82) is 0 Å². The molecule has 0 heterocycles. The third-order valence-corrected chi connectivity index (χ3v) is 3.67. The Morgan fingerprint density at radius 2 is 1.56 bits per heavy atom. The van der Waals surface area contributed by atoms with Crippen molar-refractivity contribution in [2.45, 2.75) is 59.8 Å². The molecule has 2 N–H and O–H groups in total. The highest BCUT2D eigenvalue weighted by molar-refractivity contribution is 4.94. The molecule has 2 nitrogen and oxygen atoms in total. The Labute approximate surface area is 101 Å². The van der Waals surface area contributed by atoms with Gasteiger partial charge in [0.25, 0.3) is 0 Å². The van der Waals surface area contributed by atoms with Gasteiger partial charge in [0.05, 0.1) is 0 Å². The van der Waals surface area contributed by atoms with E-state index in [1.165, 1.54) is 12.8 Å². The summed E-state index contributed by atoms with van der Waals surface area (Å²) in [5.41, 5.74) is 0.550. The molecule has 0 atom stereocenters. The Hall–Kier alpha value is -0.0800. The summed E-state index contributed by atoms with van der Waals surface area (Å²) in [5, 5.41) is 17.0. The molecule has 1 aliphatic rings. The zero-order valence-electron chi connectivity index (χ0n) is 11.5. The van der Waals surface area contributed by atoms with Crippen LogP contribution in [0.4, 0.5) is 0 Å². The molecule has 16 heavy (non-hydrogen) atoms. The predicted octanol–water partition coefficient (Wildman–Crippen LogP) is 3.22. The van der Waals surface area contributed by atoms with Crippen molar-refractivity contribution in [3.63, 3.8) is 0 Å². The molecule has 0 spiro atoms. The fourth-order valence-electron chi connectivity index (χ4n) is 2.00. The lowest BCUT2D eigenvalue weighted by Gasteiger charge is -2.17. The number of aliphatic hydroxyl groups is 2. The lowest BCUT2D eigenvalue weighted by Crippen LogP contribution is -2.10. The van der Waals surface area contributed by atoms with Crippen molar-refractivity contribution < 1.29 is 10.2 Å². The summed E-state index contributed by atoms with van der Waals surface area (Å²) in [7, 11) is 0. The second kappa shape index (κ2) is 8.08. The predicted molar refractivity (Wildman–Crippen MR) is 69.4 cm³/mol. The van der Waals surface area contributed by atoms with E-state index in [1.807, 2.05) is 0 Å². The van der Waals surface area contributed by atoms with E-state index >= 15 is 0 Å². The van der Waals surface area contributed by atoms with Gasteiger partial charge in [-0.1, -0.05) is 27.7 Å². The molecule has 1 saturated carbocycles. The molecule has 0 amide bonds. The molecule has 2 heteroatoms. The molecular formula is C14H30O2. The largest absolute Gasteiger partial charge is 0.396 e. The van der Waals surface area contributed by atoms with Crippen molar-refractivity contribution >= 4 is 0 Å². The van der Waals surface area contributed by atoms with Gasteiger partial charge < -0.3 is 10.2 Å². The van der Waals surface area contributed by atoms with Gasteiger partial charge in [0.1, 0.15) is 0 Å². The van der Waals surface area contributed by atoms with E-state index in [0.717, 1.165) is 31.1 Å². The maximum Gasteiger partial charge on any atom is 0.0436 e. The van der Waals surface area contributed by atoms with E-state index in [9.17, 15) is 0 Å². The first-order valence-electron chi connectivity index (χ1n) is 6.70. The van der Waals surface area contributed by atoms with Crippen molar-refractivity contribution in [3.8, 4) is 0 Å². The molecule has 0 aromatic rings. The van der Waals surface area contributed by atoms with Crippen LogP contribution in [0.5, 0.6) is 0 Å². The van der Waals surface area contributed by atoms with E-state index in [2.05, 4.69) is 27.7 Å². The number of rotatable bonds is 6. The highest BCUT2D eigenvalue weighted by Gasteiger charge is 2.44. The van der Waals surface area contributed by atoms with Crippen LogP contribution in [-0.4, -0.2) is 23.4 Å². The Morgan fingerprint density at radius 3 is 1.69 bits per heavy atom. The zero-order valence-corrected chi connectivity index (χ0v) is 11.5. The molecule has 1 rings (SSSR count). The highest BCUT2D eigenvalue weighted by atomic mass is 16.3. The Bertz CT molecular complexity index is 160. The summed E-state index contributed by atoms with van der Waals surface area (Å²) >= 11 is 0. The fraction of sp³-hybridized carbons (Fsp3) is 1.00. The van der Waals surface area contributed by atoms with Gasteiger partial charge in [-0.15, -0.1) is 0 Å². The molecule has 1 aliphatic carbocycles. The third kappa shape index (κ3) is 6.49. The summed E-state index contributed by atoms with van der Waals surface area (Å²) in [5.74, 6) is 1.51. The number of hydrogen-bond acceptors (Lipinski definition) is 2. The average Bonchev–Trinajstić information content (AvgIpc) is 2.97. The van der Waals surface area contributed by atoms with Gasteiger partial charge >= 0.3 is 0 Å². The molecule has 0 unspecified atom stereocenters. The normalized spacial score (nSPS) is 17.2. The first kappa shape index (κ1) is 15.9. The number of aliphatic hydroxyl groups excluding tert-OH is 2. The van der Waals surface area contributed by atoms with Gasteiger partial charge in [-0.3, -0.25) is 0 Å². The van der Waals surface area contributed by atoms with Crippen molar-refractivity contribution in [1.82, 2.24) is 0 Å². The van der Waals surface area contributed by atoms with Crippen LogP contribution in [0, 0.1) is 17.3 Å². The molecule has 98 valence electrons. The molecule has 0 bridgehead atoms. The molecule has 0 aromatic heterocycles. The fourth-order valence-corrected chi connectivity index (χ4v) is 2.00. The quantitative estimate of drug-likeness (QED) is 0.735. The summed E-state index contributed by atoms with van der Waals surface area (Å²) in [6.45, 7) is 9.55. The number of hydrogen-bond donors (Lipinski definition) is 2. The van der Waals surface area contributed by atoms with Gasteiger partial charge in [0, 0.05) is 13.2 Å². The van der Waals surface area contributed by atoms with E-state index < -0.39 is 0 Å². The summed E-state index contributed by atoms with van der Waals surface area (Å²) in [6, 6.07) is 0. The second-order valence-electron chi connectivity index (χ2n) is 5.75. The third-order valence-electron chi connectivity index (χ3n) is 3.67. The summed E-state index contributed by atoms with van der Waals surface area (Å²) < 4.78 is 0. The van der Waals surface area contributed by atoms with E-state index in [4.69, 9.17) is 10.2 Å². The SMILES string of the molecule is CC(C)C1(CCO)CC1.CC(C)CCCO. The lowest BCUT2D eigenvalue weighted by atomic mass is 9.89. The van der Waals surface area contributed by atoms with E-state index in [0.29, 0.717) is 18.6 Å². The smallest absolute Gasteiger partial charge is 0.0436 e. The minimum absolute atomic E-state index is 0.345. The Morgan fingerprint density at radius 1 is 1.00 bits per heavy atom. The van der Waals surface area contributed by atoms with Gasteiger partial charge in [-0.25, -0.2) is 0 Å². The minimum Gasteiger partial charge on any atom is -0.396 e. The van der Waals surface area contributed by atoms with Crippen LogP contribution in [0.1, 0.15) is 59.8 Å². The van der Waals surface area contributed by atoms with Crippen LogP contribution in [0.25, 0.3) is 0 Å². The van der Waals surface area contributed by atoms with Crippen LogP contribution in [0.15, 0.2) is 0 Å². The molecule has 1 fully saturated rings. The van der Waals surface area contributed by atoms with Crippen LogP contribution < -0.4 is 0 Å². The van der Waals surface area contributed by atoms with Crippen molar-refractivity contribution in [2.75, 3.05) is 13.2 Å². The maximum atomic E-state index is 8.69. The Balaban J connectivity index is 0.000000293. The first-order chi connectivity index (χ1) is 7.48. The van der Waals surface area contributed by atoms with Crippen LogP contribution >= 0.6 is 0 Å². The van der Waals surface area contributed by atoms with Crippen molar-refractivity contribution in [3.05, 3.63) is 0 Å². The summed E-state index contributed by atoms with van der Waals surface area (Å²) in [4.78, 5) is 0. The molecule has 0 saturated heterocycles. The standard InChI is InChI=1S/C8H16O.C6H14O/c1-7(2)8(3-4-8)5-6-9;1-6(2)4-3-5-7/h7,9H,3-6H2,1-2H3;6-7H,3-5H2,1-2H3. The van der Waals surface area contributed by atoms with Gasteiger partial charge in [-0.05, 0) is 49.4 Å².